The molecular weight excluding hydrogens is 395 g/mol. The second kappa shape index (κ2) is 18.2. The molecule has 0 radical (unpaired) electrons. The third-order valence-corrected chi connectivity index (χ3v) is 5.28. The van der Waals surface area contributed by atoms with Crippen LogP contribution < -0.4 is 0 Å². The van der Waals surface area contributed by atoms with E-state index in [9.17, 15) is 19.6 Å². The first-order valence-electron chi connectivity index (χ1n) is 11.0. The summed E-state index contributed by atoms with van der Waals surface area (Å²) in [6.07, 6.45) is 16.3. The monoisotopic (exact) mass is 436 g/mol. The molecule has 0 amide bonds. The minimum Gasteiger partial charge on any atom is -0.388 e. The van der Waals surface area contributed by atoms with Gasteiger partial charge in [0.25, 0.3) is 0 Å². The highest BCUT2D eigenvalue weighted by Crippen LogP contribution is 2.35. The average molecular weight is 437 g/mol. The lowest BCUT2D eigenvalue weighted by molar-refractivity contribution is -0.134. The number of allylic oxidation sites excluding steroid dienone is 2. The topological polar surface area (TPSA) is 124 Å². The summed E-state index contributed by atoms with van der Waals surface area (Å²) in [5.74, 6) is -0.538. The maximum atomic E-state index is 11.8. The number of phosphoric acid groups is 1. The molecule has 0 spiro atoms. The van der Waals surface area contributed by atoms with Gasteiger partial charge in [0.05, 0.1) is 6.61 Å². The van der Waals surface area contributed by atoms with Crippen LogP contribution in [0.2, 0.25) is 0 Å². The third kappa shape index (κ3) is 19.2. The van der Waals surface area contributed by atoms with Crippen LogP contribution in [0, 0.1) is 0 Å². The van der Waals surface area contributed by atoms with Gasteiger partial charge in [0, 0.05) is 6.42 Å². The number of rotatable bonds is 20. The van der Waals surface area contributed by atoms with Crippen LogP contribution in [0.3, 0.4) is 0 Å². The third-order valence-electron chi connectivity index (χ3n) is 4.79. The van der Waals surface area contributed by atoms with Gasteiger partial charge in [-0.25, -0.2) is 4.57 Å². The maximum absolute atomic E-state index is 11.8. The minimum absolute atomic E-state index is 0.131. The van der Waals surface area contributed by atoms with E-state index in [-0.39, 0.29) is 6.42 Å². The van der Waals surface area contributed by atoms with E-state index in [0.29, 0.717) is 6.42 Å². The van der Waals surface area contributed by atoms with E-state index in [0.717, 1.165) is 32.1 Å². The zero-order valence-corrected chi connectivity index (χ0v) is 18.8. The van der Waals surface area contributed by atoms with Crippen molar-refractivity contribution in [1.29, 1.82) is 0 Å². The molecule has 0 aliphatic rings. The van der Waals surface area contributed by atoms with Crippen LogP contribution in [0.15, 0.2) is 12.2 Å². The Balaban J connectivity index is 3.54. The van der Waals surface area contributed by atoms with Gasteiger partial charge in [-0.2, -0.15) is 0 Å². The second-order valence-electron chi connectivity index (χ2n) is 7.60. The Bertz CT molecular complexity index is 476. The van der Waals surface area contributed by atoms with Crippen molar-refractivity contribution in [2.75, 3.05) is 6.61 Å². The lowest BCUT2D eigenvalue weighted by Gasteiger charge is -2.17. The van der Waals surface area contributed by atoms with Crippen molar-refractivity contribution in [2.45, 2.75) is 109 Å². The van der Waals surface area contributed by atoms with Gasteiger partial charge in [0.1, 0.15) is 12.2 Å². The van der Waals surface area contributed by atoms with Crippen LogP contribution in [0.4, 0.5) is 0 Å². The number of carbonyl (C=O) groups excluding carboxylic acids is 1. The van der Waals surface area contributed by atoms with Crippen LogP contribution in [0.5, 0.6) is 0 Å². The lowest BCUT2D eigenvalue weighted by atomic mass is 10.0. The van der Waals surface area contributed by atoms with E-state index >= 15 is 0 Å². The summed E-state index contributed by atoms with van der Waals surface area (Å²) in [7, 11) is -4.73. The van der Waals surface area contributed by atoms with Crippen molar-refractivity contribution in [3.63, 3.8) is 0 Å². The van der Waals surface area contributed by atoms with Crippen LogP contribution in [0.25, 0.3) is 0 Å². The molecule has 0 aliphatic carbocycles. The highest BCUT2D eigenvalue weighted by Gasteiger charge is 2.26. The predicted octanol–water partition coefficient (Wildman–Crippen LogP) is 4.42. The molecule has 0 aliphatic heterocycles. The molecule has 7 nitrogen and oxygen atoms in total. The Hall–Kier alpha value is -0.560. The number of phosphoric ester groups is 1. The normalized spacial score (nSPS) is 14.4. The van der Waals surface area contributed by atoms with E-state index in [1.165, 1.54) is 44.9 Å². The molecule has 0 bridgehead atoms. The zero-order valence-electron chi connectivity index (χ0n) is 17.9. The first kappa shape index (κ1) is 28.4. The van der Waals surface area contributed by atoms with Crippen molar-refractivity contribution in [3.8, 4) is 0 Å². The molecule has 0 aromatic heterocycles. The smallest absolute Gasteiger partial charge is 0.388 e. The fraction of sp³-hybridized carbons (Fsp3) is 0.857. The van der Waals surface area contributed by atoms with Gasteiger partial charge >= 0.3 is 7.82 Å². The van der Waals surface area contributed by atoms with E-state index < -0.39 is 32.4 Å². The molecule has 0 aromatic rings. The maximum Gasteiger partial charge on any atom is 0.469 e. The number of Topliss-reactive ketones (excluding diaryl/α,β-unsaturated/α-hetero) is 1. The van der Waals surface area contributed by atoms with E-state index in [1.54, 1.807) is 0 Å². The molecule has 4 N–H and O–H groups in total. The number of carbonyl (C=O) groups is 1. The lowest BCUT2D eigenvalue weighted by Crippen LogP contribution is -2.36. The van der Waals surface area contributed by atoms with Crippen LogP contribution in [0.1, 0.15) is 96.8 Å². The summed E-state index contributed by atoms with van der Waals surface area (Å²) in [4.78, 5) is 28.9. The number of aliphatic hydroxyl groups excluding tert-OH is 2. The van der Waals surface area contributed by atoms with Gasteiger partial charge in [-0.3, -0.25) is 9.32 Å². The number of ketones is 1. The Labute approximate surface area is 175 Å². The van der Waals surface area contributed by atoms with Gasteiger partial charge in [0.15, 0.2) is 5.78 Å². The fourth-order valence-corrected chi connectivity index (χ4v) is 3.34. The quantitative estimate of drug-likeness (QED) is 0.126. The molecule has 29 heavy (non-hydrogen) atoms. The van der Waals surface area contributed by atoms with E-state index in [1.807, 2.05) is 0 Å². The number of hydrogen-bond acceptors (Lipinski definition) is 5. The molecule has 0 saturated carbocycles. The molecule has 0 saturated heterocycles. The molecule has 0 rings (SSSR count). The highest BCUT2D eigenvalue weighted by molar-refractivity contribution is 7.46. The summed E-state index contributed by atoms with van der Waals surface area (Å²) in [5.41, 5.74) is 0. The van der Waals surface area contributed by atoms with Crippen LogP contribution in [-0.4, -0.2) is 44.6 Å². The first-order valence-corrected chi connectivity index (χ1v) is 12.5. The van der Waals surface area contributed by atoms with Gasteiger partial charge in [0.2, 0.25) is 0 Å². The van der Waals surface area contributed by atoms with Gasteiger partial charge < -0.3 is 20.0 Å². The Morgan fingerprint density at radius 2 is 1.34 bits per heavy atom. The van der Waals surface area contributed by atoms with Crippen LogP contribution in [-0.2, 0) is 13.9 Å². The van der Waals surface area contributed by atoms with Gasteiger partial charge in [-0.1, -0.05) is 70.4 Å². The molecule has 1 unspecified atom stereocenters. The largest absolute Gasteiger partial charge is 0.469 e. The van der Waals surface area contributed by atoms with Gasteiger partial charge in [-0.05, 0) is 32.1 Å². The Morgan fingerprint density at radius 3 is 1.86 bits per heavy atom. The highest BCUT2D eigenvalue weighted by atomic mass is 31.2. The zero-order chi connectivity index (χ0) is 22.0. The van der Waals surface area contributed by atoms with Crippen molar-refractivity contribution in [1.82, 2.24) is 0 Å². The van der Waals surface area contributed by atoms with Gasteiger partial charge in [-0.15, -0.1) is 0 Å². The SMILES string of the molecule is CCCCCCCC/C=C\CCCCCCCC(=O)C(O)[C@@H](O)COP(=O)(O)O. The first-order chi connectivity index (χ1) is 13.8. The number of unbranched alkanes of at least 4 members (excludes halogenated alkanes) is 11. The van der Waals surface area contributed by atoms with E-state index in [4.69, 9.17) is 9.79 Å². The Morgan fingerprint density at radius 1 is 0.862 bits per heavy atom. The van der Waals surface area contributed by atoms with Crippen molar-refractivity contribution in [3.05, 3.63) is 12.2 Å². The molecule has 0 heterocycles. The predicted molar refractivity (Wildman–Crippen MR) is 114 cm³/mol. The second-order valence-corrected chi connectivity index (χ2v) is 8.84. The molecule has 8 heteroatoms. The number of aliphatic hydroxyl groups is 2. The average Bonchev–Trinajstić information content (AvgIpc) is 2.67. The van der Waals surface area contributed by atoms with Crippen molar-refractivity contribution < 1.29 is 33.9 Å². The molecule has 0 fully saturated rings. The molecule has 2 atom stereocenters. The van der Waals surface area contributed by atoms with Crippen molar-refractivity contribution in [2.24, 2.45) is 0 Å². The molecule has 172 valence electrons. The molecule has 0 aromatic carbocycles. The summed E-state index contributed by atoms with van der Waals surface area (Å²) in [6.45, 7) is 1.44. The minimum atomic E-state index is -4.73. The van der Waals surface area contributed by atoms with Crippen LogP contribution >= 0.6 is 7.82 Å². The summed E-state index contributed by atoms with van der Waals surface area (Å²) in [5, 5.41) is 19.2. The fourth-order valence-electron chi connectivity index (χ4n) is 3.00. The summed E-state index contributed by atoms with van der Waals surface area (Å²) < 4.78 is 14.6. The Kier molecular flexibility index (Phi) is 17.9. The molecular formula is C21H41O7P. The standard InChI is InChI=1S/C21H41O7P/c1-2-3-4-5-6-7-8-9-10-11-12-13-14-15-16-17-19(22)21(24)20(23)18-28-29(25,26)27/h9-10,20-21,23-24H,2-8,11-18H2,1H3,(H2,25,26,27)/b10-9-/t20-,21?/m0/s1. The van der Waals surface area contributed by atoms with Crippen molar-refractivity contribution >= 4 is 13.6 Å². The van der Waals surface area contributed by atoms with E-state index in [2.05, 4.69) is 23.6 Å². The number of hydrogen-bond donors (Lipinski definition) is 4. The summed E-state index contributed by atoms with van der Waals surface area (Å²) in [6, 6.07) is 0. The summed E-state index contributed by atoms with van der Waals surface area (Å²) >= 11 is 0.